The van der Waals surface area contributed by atoms with Crippen molar-refractivity contribution in [2.75, 3.05) is 19.7 Å². The number of hydrogen-bond donors (Lipinski definition) is 3. The van der Waals surface area contributed by atoms with Gasteiger partial charge in [0.1, 0.15) is 17.7 Å². The predicted octanol–water partition coefficient (Wildman–Crippen LogP) is 3.05. The number of likely N-dealkylation sites (tertiary alicyclic amines) is 1. The second-order valence-electron chi connectivity index (χ2n) is 8.79. The third kappa shape index (κ3) is 3.10. The van der Waals surface area contributed by atoms with Gasteiger partial charge in [-0.15, -0.1) is 0 Å². The van der Waals surface area contributed by atoms with Crippen LogP contribution in [0.1, 0.15) is 50.2 Å². The van der Waals surface area contributed by atoms with Gasteiger partial charge in [-0.1, -0.05) is 19.1 Å². The van der Waals surface area contributed by atoms with Gasteiger partial charge in [-0.25, -0.2) is 0 Å². The fourth-order valence-corrected chi connectivity index (χ4v) is 5.21. The van der Waals surface area contributed by atoms with E-state index >= 15 is 0 Å². The van der Waals surface area contributed by atoms with Crippen molar-refractivity contribution >= 4 is 11.9 Å². The summed E-state index contributed by atoms with van der Waals surface area (Å²) >= 11 is 0. The Bertz CT molecular complexity index is 896. The van der Waals surface area contributed by atoms with Crippen molar-refractivity contribution in [3.8, 4) is 5.75 Å². The molecule has 4 N–H and O–H groups in total. The highest BCUT2D eigenvalue weighted by Crippen LogP contribution is 2.49. The Morgan fingerprint density at radius 3 is 2.86 bits per heavy atom. The van der Waals surface area contributed by atoms with Crippen LogP contribution in [0, 0.1) is 0 Å². The van der Waals surface area contributed by atoms with Crippen molar-refractivity contribution in [3.05, 3.63) is 46.9 Å². The van der Waals surface area contributed by atoms with Gasteiger partial charge in [0.2, 0.25) is 0 Å². The number of aliphatic hydroxyl groups is 1. The van der Waals surface area contributed by atoms with E-state index in [1.807, 2.05) is 12.3 Å². The molecule has 1 fully saturated rings. The maximum Gasteiger partial charge on any atom is 0.132 e. The minimum Gasteiger partial charge on any atom is -0.510 e. The topological polar surface area (TPSA) is 83.1 Å². The quantitative estimate of drug-likeness (QED) is 0.734. The third-order valence-electron chi connectivity index (χ3n) is 7.06. The van der Waals surface area contributed by atoms with Gasteiger partial charge in [-0.2, -0.15) is 0 Å². The highest BCUT2D eigenvalue weighted by Gasteiger charge is 2.45. The fourth-order valence-electron chi connectivity index (χ4n) is 5.21. The van der Waals surface area contributed by atoms with Crippen molar-refractivity contribution < 1.29 is 9.84 Å². The zero-order chi connectivity index (χ0) is 20.0. The summed E-state index contributed by atoms with van der Waals surface area (Å²) in [5.74, 6) is 1.40. The number of hydrogen-bond acceptors (Lipinski definition) is 6. The molecule has 154 valence electrons. The maximum atomic E-state index is 10.5. The standard InChI is InChI=1S/C23H30N4O2/c1-2-16-13-19(28)21(26-16)17-4-3-5-18-22(17)29-14-23(18)7-10-27(11-8-23)20-12-15(24)6-9-25-20/h3-6,9,16,20,26,28H,2,7-8,10-14,24H2,1H3. The molecule has 6 heteroatoms. The van der Waals surface area contributed by atoms with E-state index in [1.165, 1.54) is 5.56 Å². The minimum absolute atomic E-state index is 0.0561. The molecule has 0 saturated carbocycles. The first-order valence-corrected chi connectivity index (χ1v) is 10.8. The Hall–Kier alpha value is -2.47. The van der Waals surface area contributed by atoms with Crippen LogP contribution in [0.2, 0.25) is 0 Å². The minimum atomic E-state index is 0.0561. The third-order valence-corrected chi connectivity index (χ3v) is 7.06. The number of nitrogens with two attached hydrogens (primary N) is 1. The molecule has 2 unspecified atom stereocenters. The van der Waals surface area contributed by atoms with Crippen molar-refractivity contribution in [1.82, 2.24) is 10.2 Å². The molecule has 4 aliphatic rings. The van der Waals surface area contributed by atoms with Crippen LogP contribution in [0.15, 0.2) is 40.7 Å². The van der Waals surface area contributed by atoms with Gasteiger partial charge in [0.05, 0.1) is 12.3 Å². The van der Waals surface area contributed by atoms with Gasteiger partial charge < -0.3 is 20.9 Å². The number of rotatable bonds is 3. The molecule has 4 aliphatic heterocycles. The number of nitrogens with zero attached hydrogens (tertiary/aromatic N) is 2. The van der Waals surface area contributed by atoms with E-state index in [4.69, 9.17) is 10.5 Å². The summed E-state index contributed by atoms with van der Waals surface area (Å²) in [6.07, 6.45) is 8.51. The predicted molar refractivity (Wildman–Crippen MR) is 115 cm³/mol. The first-order valence-electron chi connectivity index (χ1n) is 10.8. The van der Waals surface area contributed by atoms with Crippen LogP contribution >= 0.6 is 0 Å². The molecule has 2 atom stereocenters. The number of piperidine rings is 1. The summed E-state index contributed by atoms with van der Waals surface area (Å²) in [5, 5.41) is 14.0. The van der Waals surface area contributed by atoms with Crippen molar-refractivity contribution in [2.24, 2.45) is 10.7 Å². The van der Waals surface area contributed by atoms with E-state index in [2.05, 4.69) is 40.3 Å². The van der Waals surface area contributed by atoms with Gasteiger partial charge in [0.25, 0.3) is 0 Å². The maximum absolute atomic E-state index is 10.5. The Morgan fingerprint density at radius 2 is 2.14 bits per heavy atom. The molecule has 1 aromatic rings. The van der Waals surface area contributed by atoms with Crippen molar-refractivity contribution in [3.63, 3.8) is 0 Å². The summed E-state index contributed by atoms with van der Waals surface area (Å²) in [6, 6.07) is 6.69. The summed E-state index contributed by atoms with van der Waals surface area (Å²) in [7, 11) is 0. The lowest BCUT2D eigenvalue weighted by atomic mass is 9.74. The molecule has 1 aromatic carbocycles. The van der Waals surface area contributed by atoms with Crippen LogP contribution in [0.25, 0.3) is 5.70 Å². The number of fused-ring (bicyclic) bond motifs is 2. The Labute approximate surface area is 172 Å². The molecular weight excluding hydrogens is 364 g/mol. The number of ether oxygens (including phenoxy) is 1. The summed E-state index contributed by atoms with van der Waals surface area (Å²) in [6.45, 7) is 4.84. The van der Waals surface area contributed by atoms with Crippen LogP contribution in [-0.4, -0.2) is 48.1 Å². The highest BCUT2D eigenvalue weighted by atomic mass is 16.5. The molecule has 1 saturated heterocycles. The average molecular weight is 395 g/mol. The lowest BCUT2D eigenvalue weighted by molar-refractivity contribution is 0.102. The molecule has 1 spiro atoms. The van der Waals surface area contributed by atoms with E-state index in [-0.39, 0.29) is 11.6 Å². The van der Waals surface area contributed by atoms with Gasteiger partial charge >= 0.3 is 0 Å². The number of aliphatic hydroxyl groups excluding tert-OH is 1. The Kier molecular flexibility index (Phi) is 4.54. The van der Waals surface area contributed by atoms with Crippen LogP contribution in [-0.2, 0) is 5.41 Å². The lowest BCUT2D eigenvalue weighted by Gasteiger charge is -2.41. The van der Waals surface area contributed by atoms with E-state index in [1.54, 1.807) is 0 Å². The molecule has 6 nitrogen and oxygen atoms in total. The SMILES string of the molecule is CCC1CC(O)=C(c2cccc3c2OCC32CCN(C3CC(N)=CC=N3)CC2)N1. The average Bonchev–Trinajstić information content (AvgIpc) is 3.29. The van der Waals surface area contributed by atoms with Crippen LogP contribution in [0.4, 0.5) is 0 Å². The molecule has 0 aromatic heterocycles. The molecule has 0 bridgehead atoms. The van der Waals surface area contributed by atoms with Crippen molar-refractivity contribution in [2.45, 2.75) is 56.7 Å². The molecule has 4 heterocycles. The van der Waals surface area contributed by atoms with Gasteiger partial charge in [-0.3, -0.25) is 9.89 Å². The second-order valence-corrected chi connectivity index (χ2v) is 8.79. The molecule has 0 amide bonds. The van der Waals surface area contributed by atoms with Crippen molar-refractivity contribution in [1.29, 1.82) is 0 Å². The second kappa shape index (κ2) is 7.10. The molecular formula is C23H30N4O2. The van der Waals surface area contributed by atoms with Gasteiger partial charge in [-0.05, 0) is 31.4 Å². The van der Waals surface area contributed by atoms with Gasteiger partial charge in [0.15, 0.2) is 0 Å². The number of dihydropyridines is 1. The van der Waals surface area contributed by atoms with Crippen LogP contribution in [0.3, 0.4) is 0 Å². The molecule has 0 radical (unpaired) electrons. The van der Waals surface area contributed by atoms with E-state index < -0.39 is 0 Å². The zero-order valence-electron chi connectivity index (χ0n) is 17.0. The molecule has 0 aliphatic carbocycles. The molecule has 29 heavy (non-hydrogen) atoms. The number of para-hydroxylation sites is 1. The summed E-state index contributed by atoms with van der Waals surface area (Å²) < 4.78 is 6.29. The number of aliphatic imine (C=N–C) groups is 1. The Morgan fingerprint density at radius 1 is 1.31 bits per heavy atom. The first-order chi connectivity index (χ1) is 14.1. The summed E-state index contributed by atoms with van der Waals surface area (Å²) in [4.78, 5) is 7.07. The number of allylic oxidation sites excluding steroid dienone is 1. The highest BCUT2D eigenvalue weighted by molar-refractivity contribution is 5.75. The van der Waals surface area contributed by atoms with E-state index in [0.717, 1.165) is 61.5 Å². The van der Waals surface area contributed by atoms with Crippen LogP contribution in [0.5, 0.6) is 5.75 Å². The number of benzene rings is 1. The number of nitrogens with one attached hydrogen (secondary N) is 1. The zero-order valence-corrected chi connectivity index (χ0v) is 17.0. The largest absolute Gasteiger partial charge is 0.510 e. The lowest BCUT2D eigenvalue weighted by Crippen LogP contribution is -2.47. The molecule has 5 rings (SSSR count). The van der Waals surface area contributed by atoms with E-state index in [0.29, 0.717) is 24.8 Å². The van der Waals surface area contributed by atoms with E-state index in [9.17, 15) is 5.11 Å². The normalized spacial score (nSPS) is 28.2. The smallest absolute Gasteiger partial charge is 0.132 e. The fraction of sp³-hybridized carbons (Fsp3) is 0.522. The first kappa shape index (κ1) is 18.6. The Balaban J connectivity index is 1.37. The summed E-state index contributed by atoms with van der Waals surface area (Å²) in [5.41, 5.74) is 10.1. The van der Waals surface area contributed by atoms with Gasteiger partial charge in [0, 0.05) is 60.4 Å². The monoisotopic (exact) mass is 394 g/mol. The van der Waals surface area contributed by atoms with Crippen LogP contribution < -0.4 is 15.8 Å².